The zero-order valence-corrected chi connectivity index (χ0v) is 18.5. The molecular formula is C26H25ClN2O3. The van der Waals surface area contributed by atoms with Crippen LogP contribution in [-0.2, 0) is 6.42 Å². The van der Waals surface area contributed by atoms with Crippen LogP contribution in [0, 0.1) is 0 Å². The van der Waals surface area contributed by atoms with Gasteiger partial charge in [-0.05, 0) is 60.4 Å². The second-order valence-corrected chi connectivity index (χ2v) is 8.01. The molecule has 6 heteroatoms. The molecule has 32 heavy (non-hydrogen) atoms. The van der Waals surface area contributed by atoms with Gasteiger partial charge in [-0.15, -0.1) is 0 Å². The Morgan fingerprint density at radius 3 is 2.69 bits per heavy atom. The van der Waals surface area contributed by atoms with Crippen molar-refractivity contribution in [3.05, 3.63) is 89.1 Å². The Kier molecular flexibility index (Phi) is 6.78. The van der Waals surface area contributed by atoms with Crippen molar-refractivity contribution in [3.8, 4) is 16.9 Å². The van der Waals surface area contributed by atoms with Crippen LogP contribution in [0.2, 0.25) is 5.02 Å². The van der Waals surface area contributed by atoms with Crippen LogP contribution in [0.4, 0.5) is 0 Å². The summed E-state index contributed by atoms with van der Waals surface area (Å²) >= 11 is 6.14. The number of hydrogen-bond donors (Lipinski definition) is 3. The summed E-state index contributed by atoms with van der Waals surface area (Å²) in [7, 11) is 0. The molecule has 1 aromatic heterocycles. The van der Waals surface area contributed by atoms with Gasteiger partial charge in [0.2, 0.25) is 0 Å². The first-order valence-corrected chi connectivity index (χ1v) is 11.0. The molecule has 3 N–H and O–H groups in total. The Labute approximate surface area is 192 Å². The first-order valence-electron chi connectivity index (χ1n) is 10.6. The number of nitrogens with one attached hydrogen (secondary N) is 2. The minimum absolute atomic E-state index is 0.177. The Morgan fingerprint density at radius 2 is 1.91 bits per heavy atom. The fraction of sp³-hybridized carbons (Fsp3) is 0.192. The van der Waals surface area contributed by atoms with Crippen molar-refractivity contribution in [1.82, 2.24) is 10.3 Å². The van der Waals surface area contributed by atoms with Gasteiger partial charge in [0.25, 0.3) is 5.91 Å². The molecule has 0 saturated carbocycles. The van der Waals surface area contributed by atoms with Crippen LogP contribution < -0.4 is 10.1 Å². The molecular weight excluding hydrogens is 424 g/mol. The number of H-pyrrole nitrogens is 1. The lowest BCUT2D eigenvalue weighted by molar-refractivity contribution is 0.0913. The van der Waals surface area contributed by atoms with E-state index in [1.165, 1.54) is 0 Å². The van der Waals surface area contributed by atoms with Crippen LogP contribution >= 0.6 is 11.6 Å². The van der Waals surface area contributed by atoms with E-state index in [0.29, 0.717) is 29.4 Å². The Hall–Kier alpha value is -3.28. The van der Waals surface area contributed by atoms with E-state index >= 15 is 0 Å². The fourth-order valence-electron chi connectivity index (χ4n) is 3.83. The highest BCUT2D eigenvalue weighted by atomic mass is 35.5. The Bertz CT molecular complexity index is 1230. The van der Waals surface area contributed by atoms with Gasteiger partial charge in [-0.3, -0.25) is 4.79 Å². The number of rotatable bonds is 8. The number of carbonyl (C=O) groups excluding carboxylic acids is 1. The second kappa shape index (κ2) is 9.90. The van der Waals surface area contributed by atoms with Crippen LogP contribution in [0.15, 0.2) is 72.9 Å². The topological polar surface area (TPSA) is 74.3 Å². The molecule has 4 aromatic rings. The van der Waals surface area contributed by atoms with Crippen molar-refractivity contribution in [2.75, 3.05) is 13.2 Å². The number of aromatic amines is 1. The highest BCUT2D eigenvalue weighted by Gasteiger charge is 2.19. The van der Waals surface area contributed by atoms with Gasteiger partial charge in [0, 0.05) is 22.1 Å². The Balaban J connectivity index is 1.59. The van der Waals surface area contributed by atoms with E-state index in [-0.39, 0.29) is 12.5 Å². The van der Waals surface area contributed by atoms with Crippen LogP contribution in [0.25, 0.3) is 22.0 Å². The van der Waals surface area contributed by atoms with Gasteiger partial charge in [-0.25, -0.2) is 0 Å². The van der Waals surface area contributed by atoms with Gasteiger partial charge in [0.1, 0.15) is 5.75 Å². The average Bonchev–Trinajstić information content (AvgIpc) is 3.22. The van der Waals surface area contributed by atoms with E-state index in [9.17, 15) is 9.90 Å². The molecule has 0 spiro atoms. The summed E-state index contributed by atoms with van der Waals surface area (Å²) in [6.07, 6.45) is 2.43. The second-order valence-electron chi connectivity index (χ2n) is 7.57. The third-order valence-electron chi connectivity index (χ3n) is 5.38. The number of carbonyl (C=O) groups is 1. The van der Waals surface area contributed by atoms with E-state index in [1.807, 2.05) is 67.7 Å². The standard InChI is InChI=1S/C26H25ClN2O3/c1-2-32-25-11-10-18(17-6-5-7-20(27)12-17)14-23(25)26(31)29-21(16-30)13-19-15-28-24-9-4-3-8-22(19)24/h3-12,14-15,21,28,30H,2,13,16H2,1H3,(H,29,31)/t21-/m1/s1. The predicted molar refractivity (Wildman–Crippen MR) is 128 cm³/mol. The van der Waals surface area contributed by atoms with Crippen molar-refractivity contribution in [2.45, 2.75) is 19.4 Å². The normalized spacial score (nSPS) is 12.0. The summed E-state index contributed by atoms with van der Waals surface area (Å²) in [5.74, 6) is 0.204. The van der Waals surface area contributed by atoms with Gasteiger partial charge in [0.15, 0.2) is 0 Å². The lowest BCUT2D eigenvalue weighted by Crippen LogP contribution is -2.39. The maximum Gasteiger partial charge on any atom is 0.255 e. The largest absolute Gasteiger partial charge is 0.493 e. The van der Waals surface area contributed by atoms with Gasteiger partial charge < -0.3 is 20.1 Å². The molecule has 5 nitrogen and oxygen atoms in total. The molecule has 0 aliphatic heterocycles. The van der Waals surface area contributed by atoms with Crippen molar-refractivity contribution in [3.63, 3.8) is 0 Å². The first kappa shape index (κ1) is 21.9. The monoisotopic (exact) mass is 448 g/mol. The van der Waals surface area contributed by atoms with E-state index < -0.39 is 6.04 Å². The molecule has 0 fully saturated rings. The predicted octanol–water partition coefficient (Wildman–Crippen LogP) is 5.22. The van der Waals surface area contributed by atoms with Crippen molar-refractivity contribution in [2.24, 2.45) is 0 Å². The van der Waals surface area contributed by atoms with Gasteiger partial charge in [-0.1, -0.05) is 48.0 Å². The van der Waals surface area contributed by atoms with E-state index in [1.54, 1.807) is 12.1 Å². The highest BCUT2D eigenvalue weighted by Crippen LogP contribution is 2.29. The first-order chi connectivity index (χ1) is 15.6. The van der Waals surface area contributed by atoms with Crippen molar-refractivity contribution in [1.29, 1.82) is 0 Å². The molecule has 3 aromatic carbocycles. The number of amides is 1. The number of para-hydroxylation sites is 1. The minimum Gasteiger partial charge on any atom is -0.493 e. The number of aliphatic hydroxyl groups excluding tert-OH is 1. The lowest BCUT2D eigenvalue weighted by Gasteiger charge is -2.18. The molecule has 164 valence electrons. The van der Waals surface area contributed by atoms with Gasteiger partial charge in [-0.2, -0.15) is 0 Å². The molecule has 1 atom stereocenters. The summed E-state index contributed by atoms with van der Waals surface area (Å²) in [5, 5.41) is 14.6. The number of hydrogen-bond acceptors (Lipinski definition) is 3. The summed E-state index contributed by atoms with van der Waals surface area (Å²) in [4.78, 5) is 16.4. The molecule has 0 radical (unpaired) electrons. The minimum atomic E-state index is -0.439. The molecule has 1 heterocycles. The number of aromatic nitrogens is 1. The zero-order chi connectivity index (χ0) is 22.5. The van der Waals surface area contributed by atoms with Gasteiger partial charge in [0.05, 0.1) is 24.8 Å². The van der Waals surface area contributed by atoms with Crippen LogP contribution in [0.5, 0.6) is 5.75 Å². The van der Waals surface area contributed by atoms with Crippen LogP contribution in [0.1, 0.15) is 22.8 Å². The van der Waals surface area contributed by atoms with E-state index in [4.69, 9.17) is 16.3 Å². The number of fused-ring (bicyclic) bond motifs is 1. The molecule has 0 aliphatic carbocycles. The highest BCUT2D eigenvalue weighted by molar-refractivity contribution is 6.30. The number of halogens is 1. The van der Waals surface area contributed by atoms with Crippen LogP contribution in [0.3, 0.4) is 0 Å². The zero-order valence-electron chi connectivity index (χ0n) is 17.8. The summed E-state index contributed by atoms with van der Waals surface area (Å²) in [5.41, 5.74) is 4.25. The number of benzene rings is 3. The maximum absolute atomic E-state index is 13.2. The van der Waals surface area contributed by atoms with Crippen molar-refractivity contribution >= 4 is 28.4 Å². The van der Waals surface area contributed by atoms with E-state index in [2.05, 4.69) is 10.3 Å². The smallest absolute Gasteiger partial charge is 0.255 e. The molecule has 1 amide bonds. The molecule has 0 aliphatic rings. The lowest BCUT2D eigenvalue weighted by atomic mass is 10.0. The van der Waals surface area contributed by atoms with E-state index in [0.717, 1.165) is 27.6 Å². The number of ether oxygens (including phenoxy) is 1. The third-order valence-corrected chi connectivity index (χ3v) is 5.61. The third kappa shape index (κ3) is 4.79. The van der Waals surface area contributed by atoms with Crippen LogP contribution in [-0.4, -0.2) is 35.3 Å². The molecule has 0 saturated heterocycles. The Morgan fingerprint density at radius 1 is 1.09 bits per heavy atom. The quantitative estimate of drug-likeness (QED) is 0.346. The van der Waals surface area contributed by atoms with Crippen molar-refractivity contribution < 1.29 is 14.6 Å². The maximum atomic E-state index is 13.2. The number of aliphatic hydroxyl groups is 1. The summed E-state index contributed by atoms with van der Waals surface area (Å²) in [6.45, 7) is 2.14. The fourth-order valence-corrected chi connectivity index (χ4v) is 4.02. The molecule has 4 rings (SSSR count). The summed E-state index contributed by atoms with van der Waals surface area (Å²) in [6, 6.07) is 20.5. The SMILES string of the molecule is CCOc1ccc(-c2cccc(Cl)c2)cc1C(=O)N[C@@H](CO)Cc1c[nH]c2ccccc12. The molecule has 0 unspecified atom stereocenters. The van der Waals surface area contributed by atoms with Gasteiger partial charge >= 0.3 is 0 Å². The summed E-state index contributed by atoms with van der Waals surface area (Å²) < 4.78 is 5.70. The molecule has 0 bridgehead atoms. The average molecular weight is 449 g/mol.